The van der Waals surface area contributed by atoms with Crippen LogP contribution in [0.5, 0.6) is 0 Å². The van der Waals surface area contributed by atoms with E-state index in [4.69, 9.17) is 9.72 Å². The third-order valence-corrected chi connectivity index (χ3v) is 5.86. The molecule has 5 rings (SSSR count). The van der Waals surface area contributed by atoms with E-state index >= 15 is 0 Å². The van der Waals surface area contributed by atoms with Gasteiger partial charge in [-0.3, -0.25) is 9.48 Å². The van der Waals surface area contributed by atoms with Crippen molar-refractivity contribution in [2.75, 3.05) is 19.7 Å². The summed E-state index contributed by atoms with van der Waals surface area (Å²) in [4.78, 5) is 24.0. The number of likely N-dealkylation sites (tertiary alicyclic amines) is 1. The van der Waals surface area contributed by atoms with Gasteiger partial charge in [-0.2, -0.15) is 5.10 Å². The fourth-order valence-corrected chi connectivity index (χ4v) is 4.27. The number of benzene rings is 1. The van der Waals surface area contributed by atoms with E-state index in [2.05, 4.69) is 10.1 Å². The van der Waals surface area contributed by atoms with Crippen LogP contribution >= 0.6 is 0 Å². The molecular weight excluding hydrogens is 366 g/mol. The first-order chi connectivity index (χ1) is 14.2. The lowest BCUT2D eigenvalue weighted by atomic mass is 9.83. The first-order valence-electron chi connectivity index (χ1n) is 10.0. The number of ether oxygens (including phenoxy) is 1. The molecule has 1 saturated heterocycles. The molecule has 0 N–H and O–H groups in total. The van der Waals surface area contributed by atoms with Crippen LogP contribution in [0.4, 0.5) is 0 Å². The van der Waals surface area contributed by atoms with Crippen LogP contribution in [-0.4, -0.2) is 50.3 Å². The van der Waals surface area contributed by atoms with Gasteiger partial charge in [-0.15, -0.1) is 0 Å². The summed E-state index contributed by atoms with van der Waals surface area (Å²) < 4.78 is 7.98. The SMILES string of the molecule is O=C(Cn1cccn1)N1CCC2(CC1)OCCc1cnc(-c3ccccc3)nc12. The van der Waals surface area contributed by atoms with Crippen LogP contribution in [0.25, 0.3) is 11.4 Å². The molecule has 4 heterocycles. The molecule has 7 nitrogen and oxygen atoms in total. The molecule has 0 atom stereocenters. The molecule has 0 radical (unpaired) electrons. The third kappa shape index (κ3) is 3.42. The van der Waals surface area contributed by atoms with Crippen molar-refractivity contribution < 1.29 is 9.53 Å². The van der Waals surface area contributed by atoms with E-state index < -0.39 is 5.60 Å². The van der Waals surface area contributed by atoms with Gasteiger partial charge in [0.1, 0.15) is 12.1 Å². The number of amides is 1. The average Bonchev–Trinajstić information content (AvgIpc) is 3.28. The first-order valence-corrected chi connectivity index (χ1v) is 10.0. The van der Waals surface area contributed by atoms with E-state index in [1.54, 1.807) is 10.9 Å². The lowest BCUT2D eigenvalue weighted by Gasteiger charge is -2.44. The minimum Gasteiger partial charge on any atom is -0.368 e. The van der Waals surface area contributed by atoms with Crippen molar-refractivity contribution in [1.29, 1.82) is 0 Å². The van der Waals surface area contributed by atoms with E-state index in [-0.39, 0.29) is 12.5 Å². The van der Waals surface area contributed by atoms with Gasteiger partial charge in [0.05, 0.1) is 12.3 Å². The number of aromatic nitrogens is 4. The summed E-state index contributed by atoms with van der Waals surface area (Å²) in [6.45, 7) is 2.26. The molecule has 2 aliphatic rings. The highest BCUT2D eigenvalue weighted by atomic mass is 16.5. The van der Waals surface area contributed by atoms with Crippen LogP contribution in [0.2, 0.25) is 0 Å². The Bertz CT molecular complexity index is 995. The Morgan fingerprint density at radius 3 is 2.72 bits per heavy atom. The van der Waals surface area contributed by atoms with Gasteiger partial charge >= 0.3 is 0 Å². The number of hydrogen-bond donors (Lipinski definition) is 0. The van der Waals surface area contributed by atoms with E-state index in [9.17, 15) is 4.79 Å². The van der Waals surface area contributed by atoms with Gasteiger partial charge in [0, 0.05) is 37.2 Å². The highest BCUT2D eigenvalue weighted by molar-refractivity contribution is 5.76. The van der Waals surface area contributed by atoms with Gasteiger partial charge < -0.3 is 9.64 Å². The Morgan fingerprint density at radius 1 is 1.14 bits per heavy atom. The number of hydrogen-bond acceptors (Lipinski definition) is 5. The minimum atomic E-state index is -0.428. The van der Waals surface area contributed by atoms with Crippen molar-refractivity contribution in [1.82, 2.24) is 24.6 Å². The molecule has 0 unspecified atom stereocenters. The summed E-state index contributed by atoms with van der Waals surface area (Å²) in [6, 6.07) is 11.9. The van der Waals surface area contributed by atoms with Crippen molar-refractivity contribution in [3.63, 3.8) is 0 Å². The highest BCUT2D eigenvalue weighted by Crippen LogP contribution is 2.40. The van der Waals surface area contributed by atoms with Crippen LogP contribution in [0, 0.1) is 0 Å². The second-order valence-electron chi connectivity index (χ2n) is 7.61. The Kier molecular flexibility index (Phi) is 4.60. The molecular formula is C22H23N5O2. The summed E-state index contributed by atoms with van der Waals surface area (Å²) in [6.07, 6.45) is 7.77. The zero-order chi connectivity index (χ0) is 19.7. The minimum absolute atomic E-state index is 0.0900. The molecule has 2 aromatic heterocycles. The van der Waals surface area contributed by atoms with Crippen molar-refractivity contribution >= 4 is 5.91 Å². The number of rotatable bonds is 3. The molecule has 3 aromatic rings. The molecule has 0 aliphatic carbocycles. The fourth-order valence-electron chi connectivity index (χ4n) is 4.27. The fraction of sp³-hybridized carbons (Fsp3) is 0.364. The Balaban J connectivity index is 1.37. The van der Waals surface area contributed by atoms with Gasteiger partial charge in [-0.1, -0.05) is 30.3 Å². The smallest absolute Gasteiger partial charge is 0.244 e. The summed E-state index contributed by atoms with van der Waals surface area (Å²) in [5.74, 6) is 0.818. The number of nitrogens with zero attached hydrogens (tertiary/aromatic N) is 5. The number of piperidine rings is 1. The summed E-state index contributed by atoms with van der Waals surface area (Å²) in [7, 11) is 0. The van der Waals surface area contributed by atoms with Gasteiger partial charge in [0.2, 0.25) is 5.91 Å². The number of carbonyl (C=O) groups excluding carboxylic acids is 1. The van der Waals surface area contributed by atoms with Crippen molar-refractivity contribution in [3.05, 3.63) is 66.2 Å². The lowest BCUT2D eigenvalue weighted by Crippen LogP contribution is -2.49. The average molecular weight is 389 g/mol. The quantitative estimate of drug-likeness (QED) is 0.688. The molecule has 148 valence electrons. The van der Waals surface area contributed by atoms with Crippen LogP contribution in [0.1, 0.15) is 24.1 Å². The van der Waals surface area contributed by atoms with Gasteiger partial charge in [0.25, 0.3) is 0 Å². The van der Waals surface area contributed by atoms with Gasteiger partial charge in [0.15, 0.2) is 5.82 Å². The predicted octanol–water partition coefficient (Wildman–Crippen LogP) is 2.43. The topological polar surface area (TPSA) is 73.1 Å². The zero-order valence-corrected chi connectivity index (χ0v) is 16.2. The normalized spacial score (nSPS) is 17.9. The number of fused-ring (bicyclic) bond motifs is 2. The van der Waals surface area contributed by atoms with Crippen LogP contribution in [-0.2, 0) is 28.1 Å². The maximum Gasteiger partial charge on any atom is 0.244 e. The Hall–Kier alpha value is -3.06. The maximum atomic E-state index is 12.6. The van der Waals surface area contributed by atoms with E-state index in [1.807, 2.05) is 53.7 Å². The predicted molar refractivity (Wildman–Crippen MR) is 107 cm³/mol. The molecule has 0 bridgehead atoms. The standard InChI is InChI=1S/C22H23N5O2/c28-19(16-27-11-4-10-24-27)26-12-8-22(9-13-26)20-18(7-14-29-22)15-23-21(25-20)17-5-2-1-3-6-17/h1-6,10-11,15H,7-9,12-14,16H2. The second kappa shape index (κ2) is 7.40. The van der Waals surface area contributed by atoms with Crippen molar-refractivity contribution in [2.45, 2.75) is 31.4 Å². The molecule has 7 heteroatoms. The highest BCUT2D eigenvalue weighted by Gasteiger charge is 2.43. The van der Waals surface area contributed by atoms with Crippen LogP contribution < -0.4 is 0 Å². The van der Waals surface area contributed by atoms with E-state index in [0.717, 1.165) is 41.9 Å². The van der Waals surface area contributed by atoms with E-state index in [1.165, 1.54) is 0 Å². The first kappa shape index (κ1) is 18.0. The van der Waals surface area contributed by atoms with Crippen LogP contribution in [0.15, 0.2) is 55.0 Å². The van der Waals surface area contributed by atoms with Gasteiger partial charge in [-0.05, 0) is 30.9 Å². The molecule has 2 aliphatic heterocycles. The summed E-state index contributed by atoms with van der Waals surface area (Å²) in [5.41, 5.74) is 2.73. The van der Waals surface area contributed by atoms with Gasteiger partial charge in [-0.25, -0.2) is 9.97 Å². The lowest BCUT2D eigenvalue weighted by molar-refractivity contribution is -0.142. The zero-order valence-electron chi connectivity index (χ0n) is 16.2. The second-order valence-corrected chi connectivity index (χ2v) is 7.61. The maximum absolute atomic E-state index is 12.6. The molecule has 1 fully saturated rings. The molecule has 1 aromatic carbocycles. The molecule has 0 saturated carbocycles. The molecule has 1 spiro atoms. The third-order valence-electron chi connectivity index (χ3n) is 5.86. The summed E-state index contributed by atoms with van der Waals surface area (Å²) >= 11 is 0. The monoisotopic (exact) mass is 389 g/mol. The Morgan fingerprint density at radius 2 is 1.97 bits per heavy atom. The molecule has 1 amide bonds. The van der Waals surface area contributed by atoms with Crippen LogP contribution in [0.3, 0.4) is 0 Å². The summed E-state index contributed by atoms with van der Waals surface area (Å²) in [5, 5.41) is 4.13. The largest absolute Gasteiger partial charge is 0.368 e. The van der Waals surface area contributed by atoms with Crippen molar-refractivity contribution in [2.24, 2.45) is 0 Å². The number of carbonyl (C=O) groups is 1. The Labute approximate surface area is 169 Å². The van der Waals surface area contributed by atoms with Crippen molar-refractivity contribution in [3.8, 4) is 11.4 Å². The molecule has 29 heavy (non-hydrogen) atoms. The van der Waals surface area contributed by atoms with E-state index in [0.29, 0.717) is 19.7 Å².